The number of hydrogen-bond acceptors (Lipinski definition) is 7. The van der Waals surface area contributed by atoms with Gasteiger partial charge in [-0.1, -0.05) is 27.7 Å². The fourth-order valence-corrected chi connectivity index (χ4v) is 3.06. The smallest absolute Gasteiger partial charge is 0.326 e. The number of carboxylic acid groups (broad SMARTS) is 1. The van der Waals surface area contributed by atoms with E-state index in [4.69, 9.17) is 5.73 Å². The highest BCUT2D eigenvalue weighted by Gasteiger charge is 2.32. The number of nitrogens with two attached hydrogens (primary N) is 1. The van der Waals surface area contributed by atoms with Crippen molar-refractivity contribution in [2.75, 3.05) is 0 Å². The SMILES string of the molecule is CC(C)CC(NC(=O)C(Cc1cnc[nH]1)NC(=O)C(NC(=O)C(N)C(C)O)C(C)C)C(=O)O. The molecule has 0 spiro atoms. The summed E-state index contributed by atoms with van der Waals surface area (Å²) in [5.74, 6) is -3.56. The minimum Gasteiger partial charge on any atom is -0.480 e. The molecule has 1 rings (SSSR count). The lowest BCUT2D eigenvalue weighted by molar-refractivity contribution is -0.142. The van der Waals surface area contributed by atoms with Crippen LogP contribution in [0.25, 0.3) is 0 Å². The van der Waals surface area contributed by atoms with Crippen LogP contribution in [-0.4, -0.2) is 74.1 Å². The van der Waals surface area contributed by atoms with Gasteiger partial charge in [-0.3, -0.25) is 14.4 Å². The van der Waals surface area contributed by atoms with E-state index in [1.165, 1.54) is 19.4 Å². The Labute approximate surface area is 193 Å². The second-order valence-electron chi connectivity index (χ2n) is 8.87. The van der Waals surface area contributed by atoms with Gasteiger partial charge in [-0.05, 0) is 25.2 Å². The molecule has 0 fully saturated rings. The zero-order valence-electron chi connectivity index (χ0n) is 19.7. The number of rotatable bonds is 13. The molecule has 12 heteroatoms. The first-order valence-corrected chi connectivity index (χ1v) is 10.9. The molecule has 0 saturated heterocycles. The maximum Gasteiger partial charge on any atom is 0.326 e. The number of imidazole rings is 1. The van der Waals surface area contributed by atoms with E-state index in [0.717, 1.165) is 0 Å². The number of hydrogen-bond donors (Lipinski definition) is 7. The van der Waals surface area contributed by atoms with Gasteiger partial charge in [0.1, 0.15) is 24.2 Å². The van der Waals surface area contributed by atoms with E-state index in [-0.39, 0.29) is 24.7 Å². The third kappa shape index (κ3) is 9.18. The van der Waals surface area contributed by atoms with Crippen LogP contribution in [0.1, 0.15) is 46.7 Å². The fourth-order valence-electron chi connectivity index (χ4n) is 3.06. The minimum absolute atomic E-state index is 0.0192. The zero-order chi connectivity index (χ0) is 25.3. The van der Waals surface area contributed by atoms with Crippen LogP contribution in [0.5, 0.6) is 0 Å². The van der Waals surface area contributed by atoms with E-state index < -0.39 is 54.0 Å². The molecule has 12 nitrogen and oxygen atoms in total. The van der Waals surface area contributed by atoms with E-state index in [1.54, 1.807) is 13.8 Å². The van der Waals surface area contributed by atoms with Gasteiger partial charge >= 0.3 is 5.97 Å². The number of amides is 3. The molecule has 0 saturated carbocycles. The Morgan fingerprint density at radius 3 is 2.06 bits per heavy atom. The van der Waals surface area contributed by atoms with Crippen molar-refractivity contribution in [3.05, 3.63) is 18.2 Å². The highest BCUT2D eigenvalue weighted by Crippen LogP contribution is 2.08. The number of aromatic nitrogens is 2. The number of nitrogens with zero attached hydrogens (tertiary/aromatic N) is 1. The number of aliphatic hydroxyl groups is 1. The summed E-state index contributed by atoms with van der Waals surface area (Å²) in [5.41, 5.74) is 6.20. The lowest BCUT2D eigenvalue weighted by Crippen LogP contribution is -2.59. The van der Waals surface area contributed by atoms with E-state index >= 15 is 0 Å². The largest absolute Gasteiger partial charge is 0.480 e. The Bertz CT molecular complexity index is 795. The molecule has 1 heterocycles. The van der Waals surface area contributed by atoms with Crippen LogP contribution in [0.2, 0.25) is 0 Å². The Kier molecular flexibility index (Phi) is 11.0. The molecule has 0 bridgehead atoms. The van der Waals surface area contributed by atoms with Gasteiger partial charge in [0.05, 0.1) is 12.4 Å². The monoisotopic (exact) mass is 468 g/mol. The van der Waals surface area contributed by atoms with Crippen LogP contribution in [-0.2, 0) is 25.6 Å². The zero-order valence-corrected chi connectivity index (χ0v) is 19.7. The van der Waals surface area contributed by atoms with Crippen molar-refractivity contribution in [3.63, 3.8) is 0 Å². The third-order valence-electron chi connectivity index (χ3n) is 5.00. The van der Waals surface area contributed by atoms with Gasteiger partial charge in [-0.15, -0.1) is 0 Å². The molecular formula is C21H36N6O6. The first-order valence-electron chi connectivity index (χ1n) is 10.9. The molecular weight excluding hydrogens is 432 g/mol. The second kappa shape index (κ2) is 12.9. The van der Waals surface area contributed by atoms with E-state index in [0.29, 0.717) is 5.69 Å². The molecule has 33 heavy (non-hydrogen) atoms. The third-order valence-corrected chi connectivity index (χ3v) is 5.00. The molecule has 5 atom stereocenters. The van der Waals surface area contributed by atoms with Gasteiger partial charge < -0.3 is 36.9 Å². The summed E-state index contributed by atoms with van der Waals surface area (Å²) in [4.78, 5) is 56.5. The summed E-state index contributed by atoms with van der Waals surface area (Å²) in [7, 11) is 0. The molecule has 0 radical (unpaired) electrons. The fraction of sp³-hybridized carbons (Fsp3) is 0.667. The maximum absolute atomic E-state index is 13.0. The summed E-state index contributed by atoms with van der Waals surface area (Å²) in [6.07, 6.45) is 2.03. The number of carbonyl (C=O) groups excluding carboxylic acids is 3. The summed E-state index contributed by atoms with van der Waals surface area (Å²) >= 11 is 0. The Hall–Kier alpha value is -2.99. The molecule has 0 aliphatic heterocycles. The molecule has 5 unspecified atom stereocenters. The lowest BCUT2D eigenvalue weighted by Gasteiger charge is -2.27. The molecule has 1 aromatic rings. The minimum atomic E-state index is -1.23. The number of carboxylic acids is 1. The number of aromatic amines is 1. The van der Waals surface area contributed by atoms with Gasteiger partial charge in [0.2, 0.25) is 17.7 Å². The number of nitrogens with one attached hydrogen (secondary N) is 4. The highest BCUT2D eigenvalue weighted by atomic mass is 16.4. The molecule has 186 valence electrons. The number of carbonyl (C=O) groups is 4. The van der Waals surface area contributed by atoms with Crippen molar-refractivity contribution in [1.29, 1.82) is 0 Å². The predicted octanol–water partition coefficient (Wildman–Crippen LogP) is -1.10. The lowest BCUT2D eigenvalue weighted by atomic mass is 10.0. The summed E-state index contributed by atoms with van der Waals surface area (Å²) in [6, 6.07) is -4.51. The molecule has 8 N–H and O–H groups in total. The van der Waals surface area contributed by atoms with Gasteiger partial charge in [-0.25, -0.2) is 9.78 Å². The Balaban J connectivity index is 3.05. The standard InChI is InChI=1S/C21H36N6O6/c1-10(2)6-15(21(32)33)26-18(29)14(7-13-8-23-9-24-13)25-20(31)17(11(3)4)27-19(30)16(22)12(5)28/h8-12,14-17,28H,6-7,22H2,1-5H3,(H,23,24)(H,25,31)(H,26,29)(H,27,30)(H,32,33). The maximum atomic E-state index is 13.0. The van der Waals surface area contributed by atoms with Crippen molar-refractivity contribution in [1.82, 2.24) is 25.9 Å². The van der Waals surface area contributed by atoms with Crippen LogP contribution < -0.4 is 21.7 Å². The van der Waals surface area contributed by atoms with Crippen LogP contribution in [0.4, 0.5) is 0 Å². The van der Waals surface area contributed by atoms with Gasteiger partial charge in [-0.2, -0.15) is 0 Å². The van der Waals surface area contributed by atoms with Crippen LogP contribution in [0.3, 0.4) is 0 Å². The topological polar surface area (TPSA) is 200 Å². The van der Waals surface area contributed by atoms with Crippen molar-refractivity contribution >= 4 is 23.7 Å². The van der Waals surface area contributed by atoms with Crippen LogP contribution >= 0.6 is 0 Å². The molecule has 0 aliphatic rings. The summed E-state index contributed by atoms with van der Waals surface area (Å²) in [6.45, 7) is 8.42. The molecule has 1 aromatic heterocycles. The molecule has 3 amide bonds. The second-order valence-corrected chi connectivity index (χ2v) is 8.87. The first kappa shape index (κ1) is 28.0. The van der Waals surface area contributed by atoms with Crippen molar-refractivity contribution in [2.24, 2.45) is 17.6 Å². The van der Waals surface area contributed by atoms with Gasteiger partial charge in [0, 0.05) is 18.3 Å². The average Bonchev–Trinajstić information content (AvgIpc) is 3.22. The van der Waals surface area contributed by atoms with Gasteiger partial charge in [0.25, 0.3) is 0 Å². The Morgan fingerprint density at radius 1 is 1.00 bits per heavy atom. The Morgan fingerprint density at radius 2 is 1.61 bits per heavy atom. The normalized spacial score (nSPS) is 15.9. The van der Waals surface area contributed by atoms with E-state index in [1.807, 2.05) is 13.8 Å². The number of H-pyrrole nitrogens is 1. The highest BCUT2D eigenvalue weighted by molar-refractivity contribution is 5.94. The van der Waals surface area contributed by atoms with Gasteiger partial charge in [0.15, 0.2) is 0 Å². The predicted molar refractivity (Wildman–Crippen MR) is 120 cm³/mol. The van der Waals surface area contributed by atoms with Crippen LogP contribution in [0, 0.1) is 11.8 Å². The van der Waals surface area contributed by atoms with Crippen molar-refractivity contribution < 1.29 is 29.4 Å². The number of aliphatic carboxylic acids is 1. The van der Waals surface area contributed by atoms with Crippen LogP contribution in [0.15, 0.2) is 12.5 Å². The van der Waals surface area contributed by atoms with E-state index in [9.17, 15) is 29.4 Å². The average molecular weight is 469 g/mol. The molecule has 0 aliphatic carbocycles. The van der Waals surface area contributed by atoms with Crippen molar-refractivity contribution in [3.8, 4) is 0 Å². The summed E-state index contributed by atoms with van der Waals surface area (Å²) < 4.78 is 0. The number of aliphatic hydroxyl groups excluding tert-OH is 1. The quantitative estimate of drug-likeness (QED) is 0.189. The first-order chi connectivity index (χ1) is 15.3. The van der Waals surface area contributed by atoms with Crippen molar-refractivity contribution in [2.45, 2.75) is 77.7 Å². The summed E-state index contributed by atoms with van der Waals surface area (Å²) in [5, 5.41) is 26.6. The molecule has 0 aromatic carbocycles. The van der Waals surface area contributed by atoms with E-state index in [2.05, 4.69) is 25.9 Å².